The van der Waals surface area contributed by atoms with Crippen LogP contribution in [-0.2, 0) is 19.4 Å². The Morgan fingerprint density at radius 3 is 2.07 bits per heavy atom. The van der Waals surface area contributed by atoms with E-state index in [1.165, 1.54) is 16.7 Å². The third-order valence-electron chi connectivity index (χ3n) is 12.7. The number of Topliss-reactive ketones (excluding diaryl/α,β-unsaturated/α-hetero) is 1. The van der Waals surface area contributed by atoms with Crippen LogP contribution in [-0.4, -0.2) is 50.1 Å². The molecule has 2 aromatic heterocycles. The maximum atomic E-state index is 13.7. The quantitative estimate of drug-likeness (QED) is 0.0965. The molecule has 0 bridgehead atoms. The number of pyridine rings is 2. The van der Waals surface area contributed by atoms with Gasteiger partial charge in [-0.25, -0.2) is 0 Å². The van der Waals surface area contributed by atoms with Gasteiger partial charge < -0.3 is 20.8 Å². The van der Waals surface area contributed by atoms with Crippen molar-refractivity contribution in [2.75, 3.05) is 5.32 Å². The van der Waals surface area contributed by atoms with Gasteiger partial charge in [-0.15, -0.1) is 0 Å². The molecule has 4 atom stereocenters. The number of hydrogen-bond acceptors (Lipinski definition) is 7. The Balaban J connectivity index is 0.959. The molecule has 4 saturated carbocycles. The number of aliphatic hydroxyl groups is 2. The largest absolute Gasteiger partial charge is 0.393 e. The second-order valence-electron chi connectivity index (χ2n) is 16.5. The first-order valence-corrected chi connectivity index (χ1v) is 20.3. The molecule has 4 N–H and O–H groups in total. The number of aliphatic hydroxyl groups excluding tert-OH is 2. The van der Waals surface area contributed by atoms with Crippen LogP contribution in [0.4, 0.5) is 5.69 Å². The number of benzene rings is 2. The van der Waals surface area contributed by atoms with Crippen molar-refractivity contribution in [1.29, 1.82) is 0 Å². The van der Waals surface area contributed by atoms with E-state index in [4.69, 9.17) is 0 Å². The highest BCUT2D eigenvalue weighted by Crippen LogP contribution is 2.43. The molecule has 0 radical (unpaired) electrons. The summed E-state index contributed by atoms with van der Waals surface area (Å²) in [6.45, 7) is 4.75. The first-order chi connectivity index (χ1) is 26.2. The maximum Gasteiger partial charge on any atom is 0.274 e. The third kappa shape index (κ3) is 8.07. The molecule has 0 spiro atoms. The highest BCUT2D eigenvalue weighted by atomic mass is 16.3. The Bertz CT molecular complexity index is 1890. The molecule has 282 valence electrons. The van der Waals surface area contributed by atoms with E-state index in [9.17, 15) is 19.8 Å². The third-order valence-corrected chi connectivity index (χ3v) is 12.7. The molecule has 8 nitrogen and oxygen atoms in total. The molecule has 0 saturated heterocycles. The Morgan fingerprint density at radius 1 is 0.722 bits per heavy atom. The lowest BCUT2D eigenvalue weighted by molar-refractivity contribution is 0.0986. The van der Waals surface area contributed by atoms with Crippen molar-refractivity contribution >= 4 is 17.4 Å². The first kappa shape index (κ1) is 36.7. The summed E-state index contributed by atoms with van der Waals surface area (Å²) >= 11 is 0. The van der Waals surface area contributed by atoms with Gasteiger partial charge in [0.25, 0.3) is 5.91 Å². The van der Waals surface area contributed by atoms with Crippen LogP contribution in [0.1, 0.15) is 142 Å². The molecule has 2 aromatic carbocycles. The summed E-state index contributed by atoms with van der Waals surface area (Å²) < 4.78 is 0. The average Bonchev–Trinajstić information content (AvgIpc) is 4.12. The summed E-state index contributed by atoms with van der Waals surface area (Å²) in [7, 11) is 0. The van der Waals surface area contributed by atoms with Crippen LogP contribution in [0.25, 0.3) is 11.1 Å². The van der Waals surface area contributed by atoms with E-state index in [1.807, 2.05) is 55.7 Å². The predicted molar refractivity (Wildman–Crippen MR) is 212 cm³/mol. The monoisotopic (exact) mass is 726 g/mol. The van der Waals surface area contributed by atoms with Crippen molar-refractivity contribution in [2.24, 2.45) is 5.92 Å². The Morgan fingerprint density at radius 2 is 1.37 bits per heavy atom. The van der Waals surface area contributed by atoms with Crippen molar-refractivity contribution in [3.05, 3.63) is 111 Å². The van der Waals surface area contributed by atoms with E-state index in [-0.39, 0.29) is 36.4 Å². The highest BCUT2D eigenvalue weighted by molar-refractivity contribution is 6.04. The minimum absolute atomic E-state index is 0.000763. The number of carbonyl (C=O) groups excluding carboxylic acids is 2. The molecule has 8 rings (SSSR count). The summed E-state index contributed by atoms with van der Waals surface area (Å²) in [4.78, 5) is 36.6. The number of ketones is 1. The molecule has 54 heavy (non-hydrogen) atoms. The number of anilines is 1. The van der Waals surface area contributed by atoms with Crippen LogP contribution in [0, 0.1) is 19.8 Å². The van der Waals surface area contributed by atoms with Crippen LogP contribution in [0.2, 0.25) is 0 Å². The molecular weight excluding hydrogens is 673 g/mol. The fourth-order valence-electron chi connectivity index (χ4n) is 8.97. The van der Waals surface area contributed by atoms with Gasteiger partial charge in [0, 0.05) is 37.1 Å². The van der Waals surface area contributed by atoms with Crippen LogP contribution in [0.15, 0.2) is 60.9 Å². The highest BCUT2D eigenvalue weighted by Gasteiger charge is 2.31. The number of aromatic nitrogens is 2. The fourth-order valence-corrected chi connectivity index (χ4v) is 8.97. The molecule has 0 unspecified atom stereocenters. The van der Waals surface area contributed by atoms with Gasteiger partial charge in [-0.2, -0.15) is 0 Å². The number of nitrogens with one attached hydrogen (secondary N) is 2. The zero-order chi connectivity index (χ0) is 37.3. The molecule has 4 aromatic rings. The van der Waals surface area contributed by atoms with E-state index >= 15 is 0 Å². The smallest absolute Gasteiger partial charge is 0.274 e. The van der Waals surface area contributed by atoms with E-state index in [0.29, 0.717) is 35.7 Å². The summed E-state index contributed by atoms with van der Waals surface area (Å²) in [5, 5.41) is 27.3. The number of hydrogen-bond donors (Lipinski definition) is 4. The Hall–Kier alpha value is -4.24. The fraction of sp³-hybridized carbons (Fsp3) is 0.478. The molecule has 0 aliphatic heterocycles. The molecule has 1 amide bonds. The van der Waals surface area contributed by atoms with Gasteiger partial charge in [0.1, 0.15) is 11.4 Å². The second-order valence-corrected chi connectivity index (χ2v) is 16.5. The molecular formula is C46H54N4O4. The van der Waals surface area contributed by atoms with Gasteiger partial charge in [-0.3, -0.25) is 19.6 Å². The number of rotatable bonds is 14. The summed E-state index contributed by atoms with van der Waals surface area (Å²) in [6, 6.07) is 16.2. The zero-order valence-corrected chi connectivity index (χ0v) is 31.7. The van der Waals surface area contributed by atoms with E-state index < -0.39 is 0 Å². The van der Waals surface area contributed by atoms with E-state index in [0.717, 1.165) is 116 Å². The Kier molecular flexibility index (Phi) is 10.8. The molecule has 4 aliphatic rings. The van der Waals surface area contributed by atoms with Crippen LogP contribution < -0.4 is 10.6 Å². The van der Waals surface area contributed by atoms with Crippen molar-refractivity contribution in [3.8, 4) is 11.1 Å². The number of amides is 1. The Labute approximate surface area is 319 Å². The summed E-state index contributed by atoms with van der Waals surface area (Å²) in [5.74, 6) is 1.11. The van der Waals surface area contributed by atoms with Crippen molar-refractivity contribution < 1.29 is 19.8 Å². The topological polar surface area (TPSA) is 124 Å². The maximum absolute atomic E-state index is 13.7. The second kappa shape index (κ2) is 15.9. The minimum atomic E-state index is -0.290. The number of aryl methyl sites for hydroxylation is 1. The lowest BCUT2D eigenvalue weighted by Gasteiger charge is -2.18. The van der Waals surface area contributed by atoms with Crippen molar-refractivity contribution in [2.45, 2.75) is 134 Å². The van der Waals surface area contributed by atoms with Gasteiger partial charge in [-0.1, -0.05) is 36.8 Å². The summed E-state index contributed by atoms with van der Waals surface area (Å²) in [6.07, 6.45) is 15.9. The van der Waals surface area contributed by atoms with Crippen molar-refractivity contribution in [1.82, 2.24) is 15.3 Å². The van der Waals surface area contributed by atoms with E-state index in [1.54, 1.807) is 0 Å². The van der Waals surface area contributed by atoms with Crippen LogP contribution >= 0.6 is 0 Å². The zero-order valence-electron chi connectivity index (χ0n) is 31.7. The predicted octanol–water partition coefficient (Wildman–Crippen LogP) is 8.29. The molecule has 4 fully saturated rings. The van der Waals surface area contributed by atoms with Crippen LogP contribution in [0.5, 0.6) is 0 Å². The number of nitrogens with zero attached hydrogens (tertiary/aromatic N) is 2. The molecule has 2 heterocycles. The van der Waals surface area contributed by atoms with Gasteiger partial charge in [0.2, 0.25) is 0 Å². The van der Waals surface area contributed by atoms with Gasteiger partial charge in [0.15, 0.2) is 5.78 Å². The number of carbonyl (C=O) groups is 2. The first-order valence-electron chi connectivity index (χ1n) is 20.3. The lowest BCUT2D eigenvalue weighted by atomic mass is 9.90. The SMILES string of the molecule is Cc1c(CC(=O)c2cc(C3CC3)c(CN[C@H]3CCC[C@@H]3O)cn2)cccc1-c1cccc(NC(=O)c2cc(C3CC3)c(CC[C@H]3CCC[C@@H]3O)cn2)c1C. The minimum Gasteiger partial charge on any atom is -0.393 e. The molecule has 4 aliphatic carbocycles. The normalized spacial score (nSPS) is 22.4. The standard InChI is InChI=1S/C46H54N4O4/c1-27-32(21-45(53)41-22-38(30-17-18-30)34(26-48-41)25-47-40-12-6-14-44(40)52)8-3-9-35(27)36-10-5-11-39(28(36)2)50-46(54)42-23-37(29-15-16-29)33(24-49-42)20-19-31-7-4-13-43(31)51/h3,5,8-11,22-24,26,29-31,40,43-44,47,51-52H,4,6-7,12-21,25H2,1-2H3,(H,50,54)/t31-,40+,43+,44+/m1/s1. The summed E-state index contributed by atoms with van der Waals surface area (Å²) in [5.41, 5.74) is 11.4. The average molecular weight is 727 g/mol. The van der Waals surface area contributed by atoms with Crippen LogP contribution in [0.3, 0.4) is 0 Å². The molecule has 8 heteroatoms. The van der Waals surface area contributed by atoms with Gasteiger partial charge >= 0.3 is 0 Å². The van der Waals surface area contributed by atoms with Gasteiger partial charge in [-0.05, 0) is 171 Å². The lowest BCUT2D eigenvalue weighted by Crippen LogP contribution is -2.35. The van der Waals surface area contributed by atoms with Crippen molar-refractivity contribution in [3.63, 3.8) is 0 Å². The van der Waals surface area contributed by atoms with Gasteiger partial charge in [0.05, 0.1) is 12.2 Å². The van der Waals surface area contributed by atoms with E-state index in [2.05, 4.69) is 39.7 Å².